The van der Waals surface area contributed by atoms with Crippen molar-refractivity contribution in [1.29, 1.82) is 0 Å². The number of rotatable bonds is 5. The molecule has 6 nitrogen and oxygen atoms in total. The van der Waals surface area contributed by atoms with E-state index in [0.717, 1.165) is 36.5 Å². The van der Waals surface area contributed by atoms with Gasteiger partial charge in [0.2, 0.25) is 5.91 Å². The number of nitrogens with one attached hydrogen (secondary N) is 2. The Kier molecular flexibility index (Phi) is 4.75. The third-order valence-electron chi connectivity index (χ3n) is 5.06. The van der Waals surface area contributed by atoms with Crippen molar-refractivity contribution in [3.8, 4) is 5.69 Å². The molecule has 7 heteroatoms. The average Bonchev–Trinajstić information content (AvgIpc) is 3.27. The molecule has 0 bridgehead atoms. The number of imidazole rings is 1. The van der Waals surface area contributed by atoms with Gasteiger partial charge in [-0.05, 0) is 55.9 Å². The van der Waals surface area contributed by atoms with Crippen LogP contribution in [0.3, 0.4) is 0 Å². The van der Waals surface area contributed by atoms with Crippen LogP contribution in [-0.2, 0) is 30.6 Å². The number of hydrogen-bond donors (Lipinski definition) is 2. The molecule has 2 heterocycles. The molecular weight excluding hydrogens is 345 g/mol. The first-order valence-corrected chi connectivity index (χ1v) is 9.22. The summed E-state index contributed by atoms with van der Waals surface area (Å²) in [5.74, 6) is 0.270. The fourth-order valence-electron chi connectivity index (χ4n) is 3.60. The van der Waals surface area contributed by atoms with E-state index in [-0.39, 0.29) is 24.7 Å². The molecule has 4 rings (SSSR count). The number of hydrogen-bond acceptors (Lipinski definition) is 3. The van der Waals surface area contributed by atoms with E-state index in [0.29, 0.717) is 11.3 Å². The van der Waals surface area contributed by atoms with E-state index in [2.05, 4.69) is 20.5 Å². The van der Waals surface area contributed by atoms with Gasteiger partial charge in [0.1, 0.15) is 11.6 Å². The number of aromatic amines is 1. The summed E-state index contributed by atoms with van der Waals surface area (Å²) in [6, 6.07) is 4.97. The lowest BCUT2D eigenvalue weighted by molar-refractivity contribution is -0.120. The predicted octanol–water partition coefficient (Wildman–Crippen LogP) is 2.78. The Morgan fingerprint density at radius 3 is 2.96 bits per heavy atom. The molecule has 0 atom stereocenters. The van der Waals surface area contributed by atoms with E-state index < -0.39 is 0 Å². The summed E-state index contributed by atoms with van der Waals surface area (Å²) < 4.78 is 16.1. The Balaban J connectivity index is 1.39. The van der Waals surface area contributed by atoms with Gasteiger partial charge < -0.3 is 9.88 Å². The summed E-state index contributed by atoms with van der Waals surface area (Å²) in [6.07, 6.45) is 7.90. The van der Waals surface area contributed by atoms with Crippen molar-refractivity contribution < 1.29 is 9.18 Å². The smallest absolute Gasteiger partial charge is 0.226 e. The normalized spacial score (nSPS) is 13.4. The van der Waals surface area contributed by atoms with Crippen LogP contribution in [0.25, 0.3) is 5.69 Å². The molecule has 140 valence electrons. The highest BCUT2D eigenvalue weighted by molar-refractivity contribution is 5.78. The van der Waals surface area contributed by atoms with Crippen LogP contribution >= 0.6 is 0 Å². The van der Waals surface area contributed by atoms with Gasteiger partial charge >= 0.3 is 0 Å². The first-order valence-electron chi connectivity index (χ1n) is 9.22. The first-order chi connectivity index (χ1) is 13.1. The van der Waals surface area contributed by atoms with Crippen molar-refractivity contribution in [2.45, 2.75) is 45.6 Å². The van der Waals surface area contributed by atoms with Gasteiger partial charge in [0.25, 0.3) is 0 Å². The maximum Gasteiger partial charge on any atom is 0.226 e. The Morgan fingerprint density at radius 2 is 2.19 bits per heavy atom. The maximum absolute atomic E-state index is 14.4. The third kappa shape index (κ3) is 3.63. The van der Waals surface area contributed by atoms with E-state index in [1.54, 1.807) is 23.0 Å². The molecular formula is C20H22FN5O. The van der Waals surface area contributed by atoms with Crippen molar-refractivity contribution in [2.24, 2.45) is 0 Å². The highest BCUT2D eigenvalue weighted by Gasteiger charge is 2.18. The molecule has 27 heavy (non-hydrogen) atoms. The minimum Gasteiger partial charge on any atom is -0.352 e. The molecule has 0 fully saturated rings. The number of aryl methyl sites for hydroxylation is 2. The number of carbonyl (C=O) groups is 1. The first kappa shape index (κ1) is 17.5. The largest absolute Gasteiger partial charge is 0.352 e. The summed E-state index contributed by atoms with van der Waals surface area (Å²) in [7, 11) is 0. The van der Waals surface area contributed by atoms with Gasteiger partial charge in [-0.15, -0.1) is 0 Å². The van der Waals surface area contributed by atoms with Gasteiger partial charge in [-0.2, -0.15) is 5.10 Å². The van der Waals surface area contributed by atoms with Gasteiger partial charge in [-0.25, -0.2) is 9.37 Å². The zero-order valence-corrected chi connectivity index (χ0v) is 15.3. The van der Waals surface area contributed by atoms with Crippen molar-refractivity contribution in [3.63, 3.8) is 0 Å². The number of nitrogens with zero attached hydrogens (tertiary/aromatic N) is 3. The van der Waals surface area contributed by atoms with Gasteiger partial charge in [-0.3, -0.25) is 9.89 Å². The van der Waals surface area contributed by atoms with Crippen molar-refractivity contribution >= 4 is 5.91 Å². The Morgan fingerprint density at radius 1 is 1.33 bits per heavy atom. The van der Waals surface area contributed by atoms with E-state index in [9.17, 15) is 9.18 Å². The molecule has 0 saturated heterocycles. The molecule has 1 aliphatic rings. The van der Waals surface area contributed by atoms with Crippen LogP contribution in [-0.4, -0.2) is 25.7 Å². The molecule has 0 unspecified atom stereocenters. The molecule has 0 saturated carbocycles. The SMILES string of the molecule is Cc1nccn1-c1ccc(CNC(=O)Cc2n[nH]c3c2CCCC3)cc1F. The average molecular weight is 367 g/mol. The summed E-state index contributed by atoms with van der Waals surface area (Å²) in [5, 5.41) is 10.2. The lowest BCUT2D eigenvalue weighted by Crippen LogP contribution is -2.25. The molecule has 1 aromatic carbocycles. The van der Waals surface area contributed by atoms with Crippen LogP contribution in [0.1, 0.15) is 41.2 Å². The second-order valence-corrected chi connectivity index (χ2v) is 6.92. The maximum atomic E-state index is 14.4. The van der Waals surface area contributed by atoms with Crippen molar-refractivity contribution in [3.05, 3.63) is 64.7 Å². The van der Waals surface area contributed by atoms with Crippen LogP contribution < -0.4 is 5.32 Å². The lowest BCUT2D eigenvalue weighted by Gasteiger charge is -2.11. The number of benzene rings is 1. The summed E-state index contributed by atoms with van der Waals surface area (Å²) in [4.78, 5) is 16.4. The zero-order valence-electron chi connectivity index (χ0n) is 15.3. The number of fused-ring (bicyclic) bond motifs is 1. The van der Waals surface area contributed by atoms with Crippen molar-refractivity contribution in [2.75, 3.05) is 0 Å². The Labute approximate surface area is 156 Å². The van der Waals surface area contributed by atoms with Gasteiger partial charge in [0.15, 0.2) is 0 Å². The topological polar surface area (TPSA) is 75.6 Å². The Hall–Kier alpha value is -2.96. The lowest BCUT2D eigenvalue weighted by atomic mass is 9.95. The van der Waals surface area contributed by atoms with Gasteiger partial charge in [0, 0.05) is 24.6 Å². The predicted molar refractivity (Wildman–Crippen MR) is 99.0 cm³/mol. The van der Waals surface area contributed by atoms with Crippen molar-refractivity contribution in [1.82, 2.24) is 25.1 Å². The van der Waals surface area contributed by atoms with E-state index in [1.165, 1.54) is 18.1 Å². The quantitative estimate of drug-likeness (QED) is 0.728. The number of carbonyl (C=O) groups excluding carboxylic acids is 1. The van der Waals surface area contributed by atoms with Crippen LogP contribution in [0.2, 0.25) is 0 Å². The van der Waals surface area contributed by atoms with Gasteiger partial charge in [0.05, 0.1) is 17.8 Å². The van der Waals surface area contributed by atoms with Crippen LogP contribution in [0.5, 0.6) is 0 Å². The summed E-state index contributed by atoms with van der Waals surface area (Å²) >= 11 is 0. The van der Waals surface area contributed by atoms with Crippen LogP contribution in [0.4, 0.5) is 4.39 Å². The Bertz CT molecular complexity index is 975. The van der Waals surface area contributed by atoms with Crippen LogP contribution in [0.15, 0.2) is 30.6 Å². The fourth-order valence-corrected chi connectivity index (χ4v) is 3.60. The second-order valence-electron chi connectivity index (χ2n) is 6.92. The summed E-state index contributed by atoms with van der Waals surface area (Å²) in [5.41, 5.74) is 4.35. The van der Waals surface area contributed by atoms with Crippen LogP contribution in [0, 0.1) is 12.7 Å². The molecule has 2 N–H and O–H groups in total. The zero-order chi connectivity index (χ0) is 18.8. The second kappa shape index (κ2) is 7.34. The summed E-state index contributed by atoms with van der Waals surface area (Å²) in [6.45, 7) is 2.10. The van der Waals surface area contributed by atoms with E-state index in [4.69, 9.17) is 0 Å². The molecule has 0 aliphatic heterocycles. The third-order valence-corrected chi connectivity index (χ3v) is 5.06. The standard InChI is InChI=1S/C20H22FN5O/c1-13-22-8-9-26(13)19-7-6-14(10-16(19)21)12-23-20(27)11-18-15-4-2-3-5-17(15)24-25-18/h6-10H,2-5,11-12H2,1H3,(H,23,27)(H,24,25). The minimum atomic E-state index is -0.343. The highest BCUT2D eigenvalue weighted by Crippen LogP contribution is 2.22. The highest BCUT2D eigenvalue weighted by atomic mass is 19.1. The molecule has 0 radical (unpaired) electrons. The molecule has 1 amide bonds. The molecule has 0 spiro atoms. The van der Waals surface area contributed by atoms with E-state index in [1.807, 2.05) is 13.0 Å². The number of halogens is 1. The number of amides is 1. The minimum absolute atomic E-state index is 0.107. The van der Waals surface area contributed by atoms with E-state index >= 15 is 0 Å². The molecule has 1 aliphatic carbocycles. The monoisotopic (exact) mass is 367 g/mol. The molecule has 3 aromatic rings. The molecule has 2 aromatic heterocycles. The number of H-pyrrole nitrogens is 1. The number of aromatic nitrogens is 4. The fraction of sp³-hybridized carbons (Fsp3) is 0.350. The van der Waals surface area contributed by atoms with Gasteiger partial charge in [-0.1, -0.05) is 6.07 Å².